The van der Waals surface area contributed by atoms with Crippen LogP contribution < -0.4 is 5.73 Å². The van der Waals surface area contributed by atoms with E-state index in [0.29, 0.717) is 12.5 Å². The fourth-order valence-electron chi connectivity index (χ4n) is 2.54. The summed E-state index contributed by atoms with van der Waals surface area (Å²) in [6.45, 7) is 1.43. The standard InChI is InChI=1S/C12H23NO2/c13-12(8-14,11-5-6-11)9-15-7-10-3-1-2-4-10/h10-11,14H,1-9,13H2. The van der Waals surface area contributed by atoms with Crippen molar-refractivity contribution in [2.24, 2.45) is 17.6 Å². The lowest BCUT2D eigenvalue weighted by Crippen LogP contribution is -2.50. The van der Waals surface area contributed by atoms with E-state index in [2.05, 4.69) is 0 Å². The maximum absolute atomic E-state index is 9.28. The Hall–Kier alpha value is -0.120. The molecule has 0 spiro atoms. The molecule has 1 unspecified atom stereocenters. The number of ether oxygens (including phenoxy) is 1. The lowest BCUT2D eigenvalue weighted by atomic mass is 9.97. The first-order valence-corrected chi connectivity index (χ1v) is 6.22. The van der Waals surface area contributed by atoms with Gasteiger partial charge in [0.25, 0.3) is 0 Å². The van der Waals surface area contributed by atoms with Crippen molar-refractivity contribution >= 4 is 0 Å². The maximum atomic E-state index is 9.28. The van der Waals surface area contributed by atoms with Gasteiger partial charge in [0.1, 0.15) is 0 Å². The van der Waals surface area contributed by atoms with E-state index >= 15 is 0 Å². The van der Waals surface area contributed by atoms with Gasteiger partial charge in [0.2, 0.25) is 0 Å². The van der Waals surface area contributed by atoms with E-state index in [1.54, 1.807) is 0 Å². The summed E-state index contributed by atoms with van der Waals surface area (Å²) in [7, 11) is 0. The fraction of sp³-hybridized carbons (Fsp3) is 1.00. The first kappa shape index (κ1) is 11.4. The molecule has 0 aromatic rings. The molecule has 0 amide bonds. The van der Waals surface area contributed by atoms with Gasteiger partial charge in [0, 0.05) is 6.61 Å². The van der Waals surface area contributed by atoms with Crippen molar-refractivity contribution < 1.29 is 9.84 Å². The summed E-state index contributed by atoms with van der Waals surface area (Å²) in [4.78, 5) is 0. The summed E-state index contributed by atoms with van der Waals surface area (Å²) >= 11 is 0. The zero-order valence-electron chi connectivity index (χ0n) is 9.45. The Bertz CT molecular complexity index is 200. The van der Waals surface area contributed by atoms with Crippen molar-refractivity contribution in [2.45, 2.75) is 44.1 Å². The van der Waals surface area contributed by atoms with Crippen LogP contribution in [0.4, 0.5) is 0 Å². The van der Waals surface area contributed by atoms with E-state index in [0.717, 1.165) is 25.4 Å². The Balaban J connectivity index is 1.66. The number of hydrogen-bond acceptors (Lipinski definition) is 3. The van der Waals surface area contributed by atoms with Crippen molar-refractivity contribution in [2.75, 3.05) is 19.8 Å². The van der Waals surface area contributed by atoms with E-state index in [-0.39, 0.29) is 6.61 Å². The first-order chi connectivity index (χ1) is 7.24. The Labute approximate surface area is 92.0 Å². The molecule has 15 heavy (non-hydrogen) atoms. The number of hydrogen-bond donors (Lipinski definition) is 2. The zero-order chi connectivity index (χ0) is 10.7. The minimum atomic E-state index is -0.460. The monoisotopic (exact) mass is 213 g/mol. The van der Waals surface area contributed by atoms with Crippen LogP contribution in [0.1, 0.15) is 38.5 Å². The maximum Gasteiger partial charge on any atom is 0.0671 e. The summed E-state index contributed by atoms with van der Waals surface area (Å²) in [5.41, 5.74) is 5.65. The highest BCUT2D eigenvalue weighted by Crippen LogP contribution is 2.38. The molecule has 0 saturated heterocycles. The van der Waals surface area contributed by atoms with Gasteiger partial charge in [0.05, 0.1) is 18.8 Å². The zero-order valence-corrected chi connectivity index (χ0v) is 9.45. The highest BCUT2D eigenvalue weighted by Gasteiger charge is 2.42. The van der Waals surface area contributed by atoms with Gasteiger partial charge in [-0.2, -0.15) is 0 Å². The van der Waals surface area contributed by atoms with Crippen LogP contribution in [0, 0.1) is 11.8 Å². The second-order valence-electron chi connectivity index (χ2n) is 5.33. The molecule has 2 rings (SSSR count). The quantitative estimate of drug-likeness (QED) is 0.699. The van der Waals surface area contributed by atoms with Gasteiger partial charge in [-0.25, -0.2) is 0 Å². The van der Waals surface area contributed by atoms with Crippen molar-refractivity contribution in [3.05, 3.63) is 0 Å². The number of aliphatic hydroxyl groups excluding tert-OH is 1. The van der Waals surface area contributed by atoms with Crippen molar-refractivity contribution in [1.29, 1.82) is 0 Å². The van der Waals surface area contributed by atoms with Crippen molar-refractivity contribution in [3.63, 3.8) is 0 Å². The van der Waals surface area contributed by atoms with E-state index in [9.17, 15) is 5.11 Å². The Morgan fingerprint density at radius 1 is 1.20 bits per heavy atom. The number of rotatable bonds is 6. The molecular formula is C12H23NO2. The topological polar surface area (TPSA) is 55.5 Å². The van der Waals surface area contributed by atoms with Gasteiger partial charge in [-0.05, 0) is 37.5 Å². The summed E-state index contributed by atoms with van der Waals surface area (Å²) in [5, 5.41) is 9.28. The van der Waals surface area contributed by atoms with Gasteiger partial charge < -0.3 is 15.6 Å². The molecule has 2 fully saturated rings. The molecule has 0 radical (unpaired) electrons. The fourth-order valence-corrected chi connectivity index (χ4v) is 2.54. The SMILES string of the molecule is NC(CO)(COCC1CCCC1)C1CC1. The molecule has 2 aliphatic carbocycles. The summed E-state index contributed by atoms with van der Waals surface area (Å²) in [6.07, 6.45) is 7.63. The van der Waals surface area contributed by atoms with Crippen LogP contribution in [-0.4, -0.2) is 30.5 Å². The molecule has 0 aliphatic heterocycles. The molecule has 3 N–H and O–H groups in total. The molecule has 0 heterocycles. The molecule has 3 nitrogen and oxygen atoms in total. The highest BCUT2D eigenvalue weighted by molar-refractivity contribution is 4.98. The van der Waals surface area contributed by atoms with Crippen LogP contribution in [0.2, 0.25) is 0 Å². The van der Waals surface area contributed by atoms with Crippen molar-refractivity contribution in [3.8, 4) is 0 Å². The van der Waals surface area contributed by atoms with Gasteiger partial charge in [-0.15, -0.1) is 0 Å². The molecule has 0 aromatic carbocycles. The third kappa shape index (κ3) is 2.92. The second-order valence-corrected chi connectivity index (χ2v) is 5.33. The Kier molecular flexibility index (Phi) is 3.65. The van der Waals surface area contributed by atoms with Crippen LogP contribution in [0.25, 0.3) is 0 Å². The van der Waals surface area contributed by atoms with Crippen LogP contribution in [0.3, 0.4) is 0 Å². The van der Waals surface area contributed by atoms with Crippen LogP contribution in [0.5, 0.6) is 0 Å². The smallest absolute Gasteiger partial charge is 0.0671 e. The molecule has 2 saturated carbocycles. The Morgan fingerprint density at radius 3 is 2.40 bits per heavy atom. The van der Waals surface area contributed by atoms with Gasteiger partial charge in [-0.1, -0.05) is 12.8 Å². The van der Waals surface area contributed by atoms with E-state index in [4.69, 9.17) is 10.5 Å². The van der Waals surface area contributed by atoms with Crippen LogP contribution in [-0.2, 0) is 4.74 Å². The van der Waals surface area contributed by atoms with Crippen molar-refractivity contribution in [1.82, 2.24) is 0 Å². The van der Waals surface area contributed by atoms with E-state index < -0.39 is 5.54 Å². The highest BCUT2D eigenvalue weighted by atomic mass is 16.5. The van der Waals surface area contributed by atoms with E-state index in [1.165, 1.54) is 25.7 Å². The summed E-state index contributed by atoms with van der Waals surface area (Å²) in [5.74, 6) is 1.23. The largest absolute Gasteiger partial charge is 0.394 e. The summed E-state index contributed by atoms with van der Waals surface area (Å²) in [6, 6.07) is 0. The molecule has 2 aliphatic rings. The predicted molar refractivity (Wildman–Crippen MR) is 59.5 cm³/mol. The molecule has 0 aromatic heterocycles. The molecule has 88 valence electrons. The summed E-state index contributed by atoms with van der Waals surface area (Å²) < 4.78 is 5.69. The lowest BCUT2D eigenvalue weighted by molar-refractivity contribution is 0.0287. The predicted octanol–water partition coefficient (Wildman–Crippen LogP) is 1.29. The number of nitrogens with two attached hydrogens (primary N) is 1. The number of aliphatic hydroxyl groups is 1. The van der Waals surface area contributed by atoms with Crippen LogP contribution >= 0.6 is 0 Å². The molecule has 0 bridgehead atoms. The average molecular weight is 213 g/mol. The second kappa shape index (κ2) is 4.81. The third-order valence-electron chi connectivity index (χ3n) is 3.88. The van der Waals surface area contributed by atoms with E-state index in [1.807, 2.05) is 0 Å². The van der Waals surface area contributed by atoms with Gasteiger partial charge in [0.15, 0.2) is 0 Å². The lowest BCUT2D eigenvalue weighted by Gasteiger charge is -2.27. The normalized spacial score (nSPS) is 26.8. The average Bonchev–Trinajstić information content (AvgIpc) is 2.98. The molecule has 1 atom stereocenters. The first-order valence-electron chi connectivity index (χ1n) is 6.22. The third-order valence-corrected chi connectivity index (χ3v) is 3.88. The minimum Gasteiger partial charge on any atom is -0.394 e. The van der Waals surface area contributed by atoms with Gasteiger partial charge in [-0.3, -0.25) is 0 Å². The molecule has 3 heteroatoms. The Morgan fingerprint density at radius 2 is 1.87 bits per heavy atom. The minimum absolute atomic E-state index is 0.0579. The van der Waals surface area contributed by atoms with Crippen LogP contribution in [0.15, 0.2) is 0 Å². The molecular weight excluding hydrogens is 190 g/mol. The van der Waals surface area contributed by atoms with Gasteiger partial charge >= 0.3 is 0 Å².